The fourth-order valence-electron chi connectivity index (χ4n) is 2.54. The number of nitrogens with zero attached hydrogens (tertiary/aromatic N) is 3. The smallest absolute Gasteiger partial charge is 0.143 e. The first-order valence-corrected chi connectivity index (χ1v) is 12.9. The van der Waals surface area contributed by atoms with E-state index in [1.54, 1.807) is 6.20 Å². The Kier molecular flexibility index (Phi) is 5.10. The van der Waals surface area contributed by atoms with Crippen LogP contribution in [0.4, 0.5) is 0 Å². The number of hydrogen-bond acceptors (Lipinski definition) is 4. The van der Waals surface area contributed by atoms with Crippen LogP contribution in [0.3, 0.4) is 0 Å². The maximum Gasteiger partial charge on any atom is 0.143 e. The average molecular weight is 380 g/mol. The van der Waals surface area contributed by atoms with Crippen LogP contribution in [0.25, 0.3) is 22.3 Å². The fraction of sp³-hybridized carbons (Fsp3) is 0.412. The van der Waals surface area contributed by atoms with Crippen LogP contribution < -0.4 is 0 Å². The summed E-state index contributed by atoms with van der Waals surface area (Å²) >= 11 is 7.91. The van der Waals surface area contributed by atoms with Crippen LogP contribution in [0.1, 0.15) is 5.56 Å². The lowest BCUT2D eigenvalue weighted by Crippen LogP contribution is -2.22. The van der Waals surface area contributed by atoms with Gasteiger partial charge in [-0.15, -0.1) is 0 Å². The summed E-state index contributed by atoms with van der Waals surface area (Å²) in [6, 6.07) is 2.98. The van der Waals surface area contributed by atoms with Crippen LogP contribution in [-0.4, -0.2) is 28.6 Å². The highest BCUT2D eigenvalue weighted by Gasteiger charge is 2.18. The molecule has 0 saturated heterocycles. The van der Waals surface area contributed by atoms with Gasteiger partial charge < -0.3 is 9.30 Å². The van der Waals surface area contributed by atoms with Crippen molar-refractivity contribution in [3.05, 3.63) is 34.4 Å². The lowest BCUT2D eigenvalue weighted by atomic mass is 10.1. The Labute approximate surface area is 152 Å². The molecule has 0 N–H and O–H groups in total. The second kappa shape index (κ2) is 6.96. The standard InChI is InChI=1S/C17H22ClN3OSSi/c1-12-10-23-20-16(12)13-9-21(11-22-7-8-24(2,3)4)17-15(13)14(18)5-6-19-17/h5-6,9-10H,7-8,11H2,1-4H3. The first kappa shape index (κ1) is 17.6. The molecule has 0 fully saturated rings. The second-order valence-corrected chi connectivity index (χ2v) is 13.9. The molecule has 4 nitrogen and oxygen atoms in total. The van der Waals surface area contributed by atoms with Crippen LogP contribution >= 0.6 is 23.1 Å². The zero-order valence-corrected chi connectivity index (χ0v) is 17.0. The van der Waals surface area contributed by atoms with Gasteiger partial charge >= 0.3 is 0 Å². The van der Waals surface area contributed by atoms with Gasteiger partial charge in [-0.25, -0.2) is 4.98 Å². The van der Waals surface area contributed by atoms with Crippen molar-refractivity contribution in [2.75, 3.05) is 6.61 Å². The van der Waals surface area contributed by atoms with Gasteiger partial charge in [0.05, 0.1) is 10.7 Å². The molecule has 0 unspecified atom stereocenters. The molecule has 0 spiro atoms. The summed E-state index contributed by atoms with van der Waals surface area (Å²) in [5, 5.41) is 3.69. The molecular formula is C17H22ClN3OSSi. The van der Waals surface area contributed by atoms with Crippen LogP contribution in [0, 0.1) is 6.92 Å². The number of halogens is 1. The zero-order chi connectivity index (χ0) is 17.3. The predicted molar refractivity (Wildman–Crippen MR) is 105 cm³/mol. The minimum atomic E-state index is -1.08. The third-order valence-electron chi connectivity index (χ3n) is 3.94. The van der Waals surface area contributed by atoms with Gasteiger partial charge in [0.25, 0.3) is 0 Å². The Hall–Kier alpha value is -1.21. The third kappa shape index (κ3) is 3.72. The van der Waals surface area contributed by atoms with Gasteiger partial charge in [-0.05, 0) is 36.1 Å². The van der Waals surface area contributed by atoms with Gasteiger partial charge in [-0.1, -0.05) is 31.2 Å². The molecule has 3 rings (SSSR count). The highest BCUT2D eigenvalue weighted by atomic mass is 35.5. The summed E-state index contributed by atoms with van der Waals surface area (Å²) in [5.41, 5.74) is 3.99. The average Bonchev–Trinajstić information content (AvgIpc) is 3.07. The molecule has 0 radical (unpaired) electrons. The maximum atomic E-state index is 6.45. The van der Waals surface area contributed by atoms with Crippen LogP contribution in [0.2, 0.25) is 30.7 Å². The van der Waals surface area contributed by atoms with Crippen molar-refractivity contribution in [1.29, 1.82) is 0 Å². The molecule has 0 saturated carbocycles. The summed E-state index contributed by atoms with van der Waals surface area (Å²) in [6.45, 7) is 10.4. The molecular weight excluding hydrogens is 358 g/mol. The monoisotopic (exact) mass is 379 g/mol. The molecule has 3 heterocycles. The molecule has 24 heavy (non-hydrogen) atoms. The van der Waals surface area contributed by atoms with E-state index in [1.165, 1.54) is 11.5 Å². The number of ether oxygens (including phenoxy) is 1. The van der Waals surface area contributed by atoms with Crippen LogP contribution in [-0.2, 0) is 11.5 Å². The van der Waals surface area contributed by atoms with Gasteiger partial charge in [-0.2, -0.15) is 4.37 Å². The number of rotatable bonds is 6. The number of aromatic nitrogens is 3. The lowest BCUT2D eigenvalue weighted by molar-refractivity contribution is 0.0899. The molecule has 7 heteroatoms. The van der Waals surface area contributed by atoms with E-state index in [4.69, 9.17) is 16.3 Å². The topological polar surface area (TPSA) is 39.9 Å². The Bertz CT molecular complexity index is 853. The summed E-state index contributed by atoms with van der Waals surface area (Å²) in [4.78, 5) is 4.51. The van der Waals surface area contributed by atoms with Gasteiger partial charge in [-0.3, -0.25) is 0 Å². The summed E-state index contributed by atoms with van der Waals surface area (Å²) in [6.07, 6.45) is 3.79. The zero-order valence-electron chi connectivity index (χ0n) is 14.5. The van der Waals surface area contributed by atoms with E-state index in [1.807, 2.05) is 16.0 Å². The number of hydrogen-bond donors (Lipinski definition) is 0. The fourth-order valence-corrected chi connectivity index (χ4v) is 4.21. The summed E-state index contributed by atoms with van der Waals surface area (Å²) in [5.74, 6) is 0. The minimum Gasteiger partial charge on any atom is -0.361 e. The molecule has 128 valence electrons. The first-order valence-electron chi connectivity index (χ1n) is 7.99. The van der Waals surface area contributed by atoms with Gasteiger partial charge in [0, 0.05) is 43.4 Å². The Balaban J connectivity index is 1.92. The second-order valence-electron chi connectivity index (χ2n) is 7.20. The predicted octanol–water partition coefficient (Wildman–Crippen LogP) is 5.43. The maximum absolute atomic E-state index is 6.45. The molecule has 3 aromatic rings. The van der Waals surface area contributed by atoms with Gasteiger partial charge in [0.15, 0.2) is 0 Å². The number of fused-ring (bicyclic) bond motifs is 1. The van der Waals surface area contributed by atoms with Crippen LogP contribution in [0.15, 0.2) is 23.8 Å². The van der Waals surface area contributed by atoms with Crippen molar-refractivity contribution < 1.29 is 4.74 Å². The molecule has 0 atom stereocenters. The first-order chi connectivity index (χ1) is 11.4. The van der Waals surface area contributed by atoms with Crippen molar-refractivity contribution >= 4 is 42.2 Å². The lowest BCUT2D eigenvalue weighted by Gasteiger charge is -2.15. The van der Waals surface area contributed by atoms with E-state index in [0.29, 0.717) is 11.8 Å². The summed E-state index contributed by atoms with van der Waals surface area (Å²) in [7, 11) is -1.08. The Morgan fingerprint density at radius 2 is 2.12 bits per heavy atom. The Morgan fingerprint density at radius 1 is 1.33 bits per heavy atom. The SMILES string of the molecule is Cc1csnc1-c1cn(COCC[Si](C)(C)C)c2nccc(Cl)c12. The van der Waals surface area contributed by atoms with Gasteiger partial charge in [0.1, 0.15) is 12.4 Å². The van der Waals surface area contributed by atoms with Crippen molar-refractivity contribution in [3.63, 3.8) is 0 Å². The largest absolute Gasteiger partial charge is 0.361 e. The van der Waals surface area contributed by atoms with Gasteiger partial charge in [0.2, 0.25) is 0 Å². The van der Waals surface area contributed by atoms with E-state index >= 15 is 0 Å². The van der Waals surface area contributed by atoms with Crippen molar-refractivity contribution in [2.24, 2.45) is 0 Å². The third-order valence-corrected chi connectivity index (χ3v) is 6.70. The van der Waals surface area contributed by atoms with Crippen molar-refractivity contribution in [1.82, 2.24) is 13.9 Å². The van der Waals surface area contributed by atoms with E-state index < -0.39 is 8.07 Å². The van der Waals surface area contributed by atoms with Crippen LogP contribution in [0.5, 0.6) is 0 Å². The molecule has 0 aliphatic rings. The van der Waals surface area contributed by atoms with Crippen molar-refractivity contribution in [2.45, 2.75) is 39.3 Å². The molecule has 0 bridgehead atoms. The van der Waals surface area contributed by atoms with E-state index in [0.717, 1.165) is 40.5 Å². The minimum absolute atomic E-state index is 0.484. The quantitative estimate of drug-likeness (QED) is 0.423. The normalized spacial score (nSPS) is 12.2. The van der Waals surface area contributed by atoms with E-state index in [-0.39, 0.29) is 0 Å². The highest BCUT2D eigenvalue weighted by molar-refractivity contribution is 7.04. The number of pyridine rings is 1. The van der Waals surface area contributed by atoms with E-state index in [2.05, 4.69) is 42.1 Å². The molecule has 0 aliphatic carbocycles. The highest BCUT2D eigenvalue weighted by Crippen LogP contribution is 2.35. The molecule has 3 aromatic heterocycles. The molecule has 0 aliphatic heterocycles. The number of aryl methyl sites for hydroxylation is 1. The van der Waals surface area contributed by atoms with E-state index in [9.17, 15) is 0 Å². The van der Waals surface area contributed by atoms with Crippen molar-refractivity contribution in [3.8, 4) is 11.3 Å². The molecule has 0 aromatic carbocycles. The Morgan fingerprint density at radius 3 is 2.79 bits per heavy atom. The molecule has 0 amide bonds. The summed E-state index contributed by atoms with van der Waals surface area (Å²) < 4.78 is 12.5.